The lowest BCUT2D eigenvalue weighted by atomic mass is 10.0. The molecule has 1 aromatic heterocycles. The summed E-state index contributed by atoms with van der Waals surface area (Å²) in [6.07, 6.45) is 1.97. The van der Waals surface area contributed by atoms with Crippen molar-refractivity contribution < 1.29 is 18.8 Å². The van der Waals surface area contributed by atoms with Crippen LogP contribution in [0.3, 0.4) is 0 Å². The molecule has 0 radical (unpaired) electrons. The number of halogens is 3. The predicted octanol–water partition coefficient (Wildman–Crippen LogP) is 1.45. The molecule has 0 bridgehead atoms. The number of nitrogens with zero attached hydrogens (tertiary/aromatic N) is 3. The molecule has 3 rings (SSSR count). The minimum atomic E-state index is -0.715. The number of hydrogen-bond acceptors (Lipinski definition) is 4. The van der Waals surface area contributed by atoms with Crippen LogP contribution in [-0.4, -0.2) is 45.0 Å². The molecule has 1 atom stereocenters. The van der Waals surface area contributed by atoms with Crippen LogP contribution in [0.1, 0.15) is 22.5 Å². The van der Waals surface area contributed by atoms with Crippen LogP contribution in [0.15, 0.2) is 28.9 Å². The van der Waals surface area contributed by atoms with Crippen molar-refractivity contribution in [1.82, 2.24) is 20.0 Å². The number of hydrogen-bond donors (Lipinski definition) is 2. The highest BCUT2D eigenvalue weighted by Crippen LogP contribution is 2.21. The zero-order chi connectivity index (χ0) is 20.4. The van der Waals surface area contributed by atoms with Gasteiger partial charge in [0.15, 0.2) is 5.69 Å². The van der Waals surface area contributed by atoms with Crippen LogP contribution in [0.2, 0.25) is 5.02 Å². The Morgan fingerprint density at radius 3 is 2.75 bits per heavy atom. The minimum Gasteiger partial charge on any atom is -0.364 e. The zero-order valence-electron chi connectivity index (χ0n) is 14.5. The molecule has 1 saturated heterocycles. The van der Waals surface area contributed by atoms with Crippen molar-refractivity contribution in [2.24, 2.45) is 5.73 Å². The Bertz CT molecular complexity index is 951. The summed E-state index contributed by atoms with van der Waals surface area (Å²) in [5.74, 6) is -2.00. The number of carbonyl (C=O) groups excluding carboxylic acids is 3. The number of carbonyl (C=O) groups is 3. The monoisotopic (exact) mass is 471 g/mol. The number of likely N-dealkylation sites (tertiary alicyclic amines) is 1. The summed E-state index contributed by atoms with van der Waals surface area (Å²) in [6, 6.07) is 3.90. The SMILES string of the molecule is NC(=O)c1nn(CC(=O)N2CCC2C(=O)NCc2cccc(Cl)c2F)cc1Br. The standard InChI is InChI=1S/C17H16BrClFN5O3/c18-10-7-24(23-15(10)16(21)27)8-13(26)25-5-4-12(25)17(28)22-6-9-2-1-3-11(19)14(9)20/h1-3,7,12H,4-6,8H2,(H2,21,27)(H,22,28). The predicted molar refractivity (Wildman–Crippen MR) is 102 cm³/mol. The molecule has 2 aromatic rings. The van der Waals surface area contributed by atoms with Crippen molar-refractivity contribution in [3.8, 4) is 0 Å². The van der Waals surface area contributed by atoms with Crippen LogP contribution in [0.4, 0.5) is 4.39 Å². The third-order valence-electron chi connectivity index (χ3n) is 4.37. The number of primary amides is 1. The van der Waals surface area contributed by atoms with E-state index in [-0.39, 0.29) is 41.2 Å². The lowest BCUT2D eigenvalue weighted by molar-refractivity contribution is -0.148. The van der Waals surface area contributed by atoms with E-state index in [4.69, 9.17) is 17.3 Å². The largest absolute Gasteiger partial charge is 0.364 e. The Hall–Kier alpha value is -2.46. The highest BCUT2D eigenvalue weighted by molar-refractivity contribution is 9.10. The fourth-order valence-corrected chi connectivity index (χ4v) is 3.52. The maximum atomic E-state index is 13.9. The van der Waals surface area contributed by atoms with Crippen molar-refractivity contribution in [2.45, 2.75) is 25.6 Å². The van der Waals surface area contributed by atoms with Crippen molar-refractivity contribution in [1.29, 1.82) is 0 Å². The molecule has 8 nitrogen and oxygen atoms in total. The Labute approximate surface area is 172 Å². The molecule has 1 fully saturated rings. The van der Waals surface area contributed by atoms with E-state index in [1.807, 2.05) is 0 Å². The van der Waals surface area contributed by atoms with E-state index in [0.717, 1.165) is 0 Å². The summed E-state index contributed by atoms with van der Waals surface area (Å²) < 4.78 is 15.6. The van der Waals surface area contributed by atoms with Crippen molar-refractivity contribution in [3.05, 3.63) is 51.0 Å². The summed E-state index contributed by atoms with van der Waals surface area (Å²) in [6.45, 7) is 0.254. The molecule has 1 aliphatic heterocycles. The van der Waals surface area contributed by atoms with E-state index in [0.29, 0.717) is 17.4 Å². The average molecular weight is 473 g/mol. The molecular formula is C17H16BrClFN5O3. The number of aromatic nitrogens is 2. The van der Waals surface area contributed by atoms with Crippen LogP contribution in [-0.2, 0) is 22.7 Å². The van der Waals surface area contributed by atoms with Crippen LogP contribution >= 0.6 is 27.5 Å². The van der Waals surface area contributed by atoms with Gasteiger partial charge in [0.05, 0.1) is 9.50 Å². The molecule has 0 spiro atoms. The number of benzene rings is 1. The number of nitrogens with one attached hydrogen (secondary N) is 1. The van der Waals surface area contributed by atoms with Gasteiger partial charge in [-0.05, 0) is 28.4 Å². The van der Waals surface area contributed by atoms with Gasteiger partial charge in [-0.1, -0.05) is 23.7 Å². The van der Waals surface area contributed by atoms with E-state index in [1.165, 1.54) is 27.9 Å². The molecule has 2 heterocycles. The summed E-state index contributed by atoms with van der Waals surface area (Å²) in [5.41, 5.74) is 5.48. The average Bonchev–Trinajstić information content (AvgIpc) is 2.95. The second-order valence-corrected chi connectivity index (χ2v) is 7.47. The summed E-state index contributed by atoms with van der Waals surface area (Å²) in [7, 11) is 0. The van der Waals surface area contributed by atoms with Crippen molar-refractivity contribution >= 4 is 45.3 Å². The van der Waals surface area contributed by atoms with E-state index in [2.05, 4.69) is 26.3 Å². The maximum Gasteiger partial charge on any atom is 0.270 e. The van der Waals surface area contributed by atoms with Crippen LogP contribution in [0.5, 0.6) is 0 Å². The van der Waals surface area contributed by atoms with Gasteiger partial charge in [0.25, 0.3) is 5.91 Å². The van der Waals surface area contributed by atoms with Gasteiger partial charge in [-0.25, -0.2) is 4.39 Å². The molecule has 11 heteroatoms. The van der Waals surface area contributed by atoms with Gasteiger partial charge in [-0.2, -0.15) is 5.10 Å². The fourth-order valence-electron chi connectivity index (χ4n) is 2.82. The first-order valence-corrected chi connectivity index (χ1v) is 9.48. The normalized spacial score (nSPS) is 15.8. The van der Waals surface area contributed by atoms with Crippen LogP contribution in [0, 0.1) is 5.82 Å². The molecule has 28 heavy (non-hydrogen) atoms. The molecule has 1 aliphatic rings. The third-order valence-corrected chi connectivity index (χ3v) is 5.25. The molecule has 1 unspecified atom stereocenters. The topological polar surface area (TPSA) is 110 Å². The smallest absolute Gasteiger partial charge is 0.270 e. The van der Waals surface area contributed by atoms with Crippen LogP contribution < -0.4 is 11.1 Å². The number of rotatable bonds is 6. The molecule has 3 N–H and O–H groups in total. The first kappa shape index (κ1) is 20.3. The highest BCUT2D eigenvalue weighted by atomic mass is 79.9. The Morgan fingerprint density at radius 1 is 1.39 bits per heavy atom. The number of nitrogens with two attached hydrogens (primary N) is 1. The van der Waals surface area contributed by atoms with Gasteiger partial charge in [0.1, 0.15) is 18.4 Å². The van der Waals surface area contributed by atoms with E-state index in [1.54, 1.807) is 6.07 Å². The van der Waals surface area contributed by atoms with E-state index >= 15 is 0 Å². The van der Waals surface area contributed by atoms with E-state index < -0.39 is 17.8 Å². The summed E-state index contributed by atoms with van der Waals surface area (Å²) >= 11 is 8.87. The number of amides is 3. The van der Waals surface area contributed by atoms with Crippen molar-refractivity contribution in [2.75, 3.05) is 6.54 Å². The molecule has 148 valence electrons. The Kier molecular flexibility index (Phi) is 5.99. The second-order valence-electron chi connectivity index (χ2n) is 6.21. The quantitative estimate of drug-likeness (QED) is 0.663. The second kappa shape index (κ2) is 8.27. The maximum absolute atomic E-state index is 13.9. The minimum absolute atomic E-state index is 0.0205. The van der Waals surface area contributed by atoms with Gasteiger partial charge in [-0.3, -0.25) is 19.1 Å². The van der Waals surface area contributed by atoms with Gasteiger partial charge in [-0.15, -0.1) is 0 Å². The summed E-state index contributed by atoms with van der Waals surface area (Å²) in [4.78, 5) is 37.4. The lowest BCUT2D eigenvalue weighted by Gasteiger charge is -2.39. The Morgan fingerprint density at radius 2 is 2.14 bits per heavy atom. The Balaban J connectivity index is 1.58. The summed E-state index contributed by atoms with van der Waals surface area (Å²) in [5, 5.41) is 6.55. The first-order chi connectivity index (χ1) is 13.3. The third kappa shape index (κ3) is 4.17. The van der Waals surface area contributed by atoms with E-state index in [9.17, 15) is 18.8 Å². The zero-order valence-corrected chi connectivity index (χ0v) is 16.8. The van der Waals surface area contributed by atoms with Gasteiger partial charge in [0.2, 0.25) is 11.8 Å². The first-order valence-electron chi connectivity index (χ1n) is 8.30. The van der Waals surface area contributed by atoms with Gasteiger partial charge < -0.3 is 16.0 Å². The molecular weight excluding hydrogens is 457 g/mol. The molecule has 0 aliphatic carbocycles. The van der Waals surface area contributed by atoms with Gasteiger partial charge in [0, 0.05) is 24.8 Å². The van der Waals surface area contributed by atoms with Crippen LogP contribution in [0.25, 0.3) is 0 Å². The molecule has 0 saturated carbocycles. The fraction of sp³-hybridized carbons (Fsp3) is 0.294. The lowest BCUT2D eigenvalue weighted by Crippen LogP contribution is -2.58. The highest BCUT2D eigenvalue weighted by Gasteiger charge is 2.37. The van der Waals surface area contributed by atoms with Gasteiger partial charge >= 0.3 is 0 Å². The molecule has 1 aromatic carbocycles. The molecule has 3 amide bonds. The van der Waals surface area contributed by atoms with Crippen molar-refractivity contribution in [3.63, 3.8) is 0 Å².